The normalized spacial score (nSPS) is 19.4. The number of methoxy groups -OCH3 is 1. The zero-order valence-electron chi connectivity index (χ0n) is 20.0. The Labute approximate surface area is 200 Å². The SMILES string of the molecule is CCOC(=O)N1CCC2(CC1)N=C(c1ccc(OCC)cc1)C[C@@H](c1cccc(OC)c1O)N2. The molecule has 0 unspecified atom stereocenters. The molecule has 2 N–H and O–H groups in total. The number of nitrogens with zero attached hydrogens (tertiary/aromatic N) is 2. The van der Waals surface area contributed by atoms with Gasteiger partial charge in [0.25, 0.3) is 0 Å². The Morgan fingerprint density at radius 1 is 1.15 bits per heavy atom. The molecule has 2 aromatic carbocycles. The van der Waals surface area contributed by atoms with Crippen molar-refractivity contribution >= 4 is 11.8 Å². The van der Waals surface area contributed by atoms with Crippen LogP contribution in [0.2, 0.25) is 0 Å². The number of piperidine rings is 1. The maximum atomic E-state index is 12.2. The van der Waals surface area contributed by atoms with Crippen LogP contribution in [0.25, 0.3) is 0 Å². The van der Waals surface area contributed by atoms with Crippen LogP contribution < -0.4 is 14.8 Å². The maximum Gasteiger partial charge on any atom is 0.409 e. The molecule has 0 aromatic heterocycles. The van der Waals surface area contributed by atoms with Gasteiger partial charge in [-0.3, -0.25) is 10.3 Å². The topological polar surface area (TPSA) is 92.6 Å². The van der Waals surface area contributed by atoms with E-state index in [4.69, 9.17) is 19.2 Å². The summed E-state index contributed by atoms with van der Waals surface area (Å²) in [5.41, 5.74) is 2.20. The highest BCUT2D eigenvalue weighted by atomic mass is 16.6. The molecule has 182 valence electrons. The molecular formula is C26H33N3O5. The van der Waals surface area contributed by atoms with Gasteiger partial charge in [0.05, 0.1) is 20.3 Å². The van der Waals surface area contributed by atoms with Crippen molar-refractivity contribution in [2.45, 2.75) is 44.8 Å². The Bertz CT molecular complexity index is 1030. The number of carbonyl (C=O) groups is 1. The van der Waals surface area contributed by atoms with E-state index in [9.17, 15) is 9.90 Å². The fraction of sp³-hybridized carbons (Fsp3) is 0.462. The average molecular weight is 468 g/mol. The van der Waals surface area contributed by atoms with Crippen LogP contribution in [0.15, 0.2) is 47.5 Å². The lowest BCUT2D eigenvalue weighted by Crippen LogP contribution is -2.56. The summed E-state index contributed by atoms with van der Waals surface area (Å²) in [4.78, 5) is 19.1. The molecule has 1 amide bonds. The average Bonchev–Trinajstić information content (AvgIpc) is 2.85. The first-order valence-electron chi connectivity index (χ1n) is 11.9. The highest BCUT2D eigenvalue weighted by molar-refractivity contribution is 6.02. The van der Waals surface area contributed by atoms with Crippen molar-refractivity contribution in [2.24, 2.45) is 4.99 Å². The number of carbonyl (C=O) groups excluding carboxylic acids is 1. The third-order valence-corrected chi connectivity index (χ3v) is 6.43. The van der Waals surface area contributed by atoms with Crippen LogP contribution in [0.3, 0.4) is 0 Å². The Hall–Kier alpha value is -3.26. The van der Waals surface area contributed by atoms with Crippen molar-refractivity contribution in [3.05, 3.63) is 53.6 Å². The van der Waals surface area contributed by atoms with Crippen LogP contribution in [0.1, 0.15) is 50.3 Å². The van der Waals surface area contributed by atoms with Gasteiger partial charge < -0.3 is 24.2 Å². The van der Waals surface area contributed by atoms with Gasteiger partial charge in [-0.15, -0.1) is 0 Å². The molecule has 2 aromatic rings. The second kappa shape index (κ2) is 10.3. The summed E-state index contributed by atoms with van der Waals surface area (Å²) >= 11 is 0. The highest BCUT2D eigenvalue weighted by Crippen LogP contribution is 2.40. The third-order valence-electron chi connectivity index (χ3n) is 6.43. The minimum atomic E-state index is -0.546. The van der Waals surface area contributed by atoms with Crippen molar-refractivity contribution in [1.29, 1.82) is 0 Å². The predicted octanol–water partition coefficient (Wildman–Crippen LogP) is 4.27. The smallest absolute Gasteiger partial charge is 0.409 e. The number of benzene rings is 2. The number of rotatable bonds is 6. The summed E-state index contributed by atoms with van der Waals surface area (Å²) in [6.07, 6.45) is 1.62. The first-order valence-corrected chi connectivity index (χ1v) is 11.9. The molecule has 2 aliphatic rings. The lowest BCUT2D eigenvalue weighted by molar-refractivity contribution is 0.0778. The van der Waals surface area contributed by atoms with Gasteiger partial charge in [0.1, 0.15) is 11.4 Å². The van der Waals surface area contributed by atoms with Gasteiger partial charge in [-0.25, -0.2) is 4.79 Å². The summed E-state index contributed by atoms with van der Waals surface area (Å²) in [6, 6.07) is 13.3. The molecule has 1 saturated heterocycles. The van der Waals surface area contributed by atoms with Crippen molar-refractivity contribution in [3.8, 4) is 17.2 Å². The van der Waals surface area contributed by atoms with Gasteiger partial charge in [-0.05, 0) is 49.7 Å². The number of phenols is 1. The summed E-state index contributed by atoms with van der Waals surface area (Å²) in [5.74, 6) is 1.39. The molecule has 1 spiro atoms. The summed E-state index contributed by atoms with van der Waals surface area (Å²) in [6.45, 7) is 5.83. The van der Waals surface area contributed by atoms with Crippen LogP contribution in [-0.2, 0) is 4.74 Å². The molecule has 1 fully saturated rings. The van der Waals surface area contributed by atoms with Crippen molar-refractivity contribution < 1.29 is 24.1 Å². The Morgan fingerprint density at radius 2 is 1.88 bits per heavy atom. The fourth-order valence-corrected chi connectivity index (χ4v) is 4.70. The van der Waals surface area contributed by atoms with Crippen molar-refractivity contribution in [1.82, 2.24) is 10.2 Å². The van der Waals surface area contributed by atoms with Crippen LogP contribution in [0.4, 0.5) is 4.79 Å². The first kappa shape index (κ1) is 23.9. The lowest BCUT2D eigenvalue weighted by Gasteiger charge is -2.45. The van der Waals surface area contributed by atoms with Gasteiger partial charge in [0.15, 0.2) is 11.5 Å². The van der Waals surface area contributed by atoms with Crippen molar-refractivity contribution in [3.63, 3.8) is 0 Å². The van der Waals surface area contributed by atoms with Gasteiger partial charge in [0, 0.05) is 49.7 Å². The van der Waals surface area contributed by atoms with E-state index in [2.05, 4.69) is 5.32 Å². The molecule has 0 aliphatic carbocycles. The Kier molecular flexibility index (Phi) is 7.26. The maximum absolute atomic E-state index is 12.2. The Balaban J connectivity index is 1.66. The monoisotopic (exact) mass is 467 g/mol. The summed E-state index contributed by atoms with van der Waals surface area (Å²) in [7, 11) is 1.55. The zero-order valence-corrected chi connectivity index (χ0v) is 20.0. The minimum absolute atomic E-state index is 0.134. The molecule has 2 aliphatic heterocycles. The molecule has 2 heterocycles. The van der Waals surface area contributed by atoms with E-state index in [0.29, 0.717) is 51.3 Å². The summed E-state index contributed by atoms with van der Waals surface area (Å²) in [5, 5.41) is 14.6. The number of aliphatic imine (C=N–C) groups is 1. The number of hydrogen-bond donors (Lipinski definition) is 2. The molecule has 1 atom stereocenters. The number of likely N-dealkylation sites (tertiary alicyclic amines) is 1. The van der Waals surface area contributed by atoms with E-state index in [0.717, 1.165) is 22.6 Å². The standard InChI is InChI=1S/C26H33N3O5/c1-4-33-19-11-9-18(10-12-19)21-17-22(20-7-6-8-23(32-3)24(20)30)28-26(27-21)13-15-29(16-14-26)25(31)34-5-2/h6-12,22,28,30H,4-5,13-17H2,1-3H3/t22-/m0/s1. The van der Waals surface area contributed by atoms with E-state index < -0.39 is 5.66 Å². The molecule has 0 saturated carbocycles. The summed E-state index contributed by atoms with van der Waals surface area (Å²) < 4.78 is 16.1. The molecule has 8 nitrogen and oxygen atoms in total. The number of hydrogen-bond acceptors (Lipinski definition) is 7. The van der Waals surface area contributed by atoms with Crippen LogP contribution in [0, 0.1) is 0 Å². The van der Waals surface area contributed by atoms with Crippen LogP contribution >= 0.6 is 0 Å². The van der Waals surface area contributed by atoms with Gasteiger partial charge >= 0.3 is 6.09 Å². The second-order valence-corrected chi connectivity index (χ2v) is 8.53. The van der Waals surface area contributed by atoms with E-state index >= 15 is 0 Å². The molecule has 4 rings (SSSR count). The molecular weight excluding hydrogens is 434 g/mol. The van der Waals surface area contributed by atoms with Gasteiger partial charge in [-0.1, -0.05) is 12.1 Å². The van der Waals surface area contributed by atoms with E-state index in [-0.39, 0.29) is 17.9 Å². The molecule has 0 bridgehead atoms. The Morgan fingerprint density at radius 3 is 2.53 bits per heavy atom. The number of aromatic hydroxyl groups is 1. The quantitative estimate of drug-likeness (QED) is 0.659. The third kappa shape index (κ3) is 4.97. The number of amides is 1. The number of ether oxygens (including phenoxy) is 3. The predicted molar refractivity (Wildman–Crippen MR) is 130 cm³/mol. The van der Waals surface area contributed by atoms with Crippen LogP contribution in [-0.4, -0.2) is 60.9 Å². The largest absolute Gasteiger partial charge is 0.504 e. The van der Waals surface area contributed by atoms with E-state index in [1.54, 1.807) is 18.1 Å². The minimum Gasteiger partial charge on any atom is -0.504 e. The fourth-order valence-electron chi connectivity index (χ4n) is 4.70. The highest BCUT2D eigenvalue weighted by Gasteiger charge is 2.41. The molecule has 0 radical (unpaired) electrons. The van der Waals surface area contributed by atoms with Crippen LogP contribution in [0.5, 0.6) is 17.2 Å². The van der Waals surface area contributed by atoms with Gasteiger partial charge in [-0.2, -0.15) is 0 Å². The number of nitrogens with one attached hydrogen (secondary N) is 1. The van der Waals surface area contributed by atoms with E-state index in [1.165, 1.54) is 0 Å². The lowest BCUT2D eigenvalue weighted by atomic mass is 9.87. The number of phenolic OH excluding ortho intramolecular Hbond substituents is 1. The van der Waals surface area contributed by atoms with E-state index in [1.807, 2.05) is 50.2 Å². The molecule has 34 heavy (non-hydrogen) atoms. The second-order valence-electron chi connectivity index (χ2n) is 8.53. The van der Waals surface area contributed by atoms with Crippen molar-refractivity contribution in [2.75, 3.05) is 33.4 Å². The molecule has 8 heteroatoms. The number of para-hydroxylation sites is 1. The van der Waals surface area contributed by atoms with Gasteiger partial charge in [0.2, 0.25) is 0 Å². The zero-order chi connectivity index (χ0) is 24.1. The first-order chi connectivity index (χ1) is 16.5.